The van der Waals surface area contributed by atoms with E-state index >= 15 is 0 Å². The summed E-state index contributed by atoms with van der Waals surface area (Å²) in [5.41, 5.74) is 0.285. The van der Waals surface area contributed by atoms with Gasteiger partial charge in [-0.25, -0.2) is 0 Å². The van der Waals surface area contributed by atoms with E-state index < -0.39 is 24.4 Å². The van der Waals surface area contributed by atoms with Crippen molar-refractivity contribution in [2.45, 2.75) is 0 Å². The van der Waals surface area contributed by atoms with Crippen LogP contribution < -0.4 is 0 Å². The minimum absolute atomic E-state index is 0.0163. The Morgan fingerprint density at radius 2 is 1.39 bits per heavy atom. The number of halogens is 6. The Balaban J connectivity index is 0.000000360. The summed E-state index contributed by atoms with van der Waals surface area (Å²) in [6.45, 7) is 0. The summed E-state index contributed by atoms with van der Waals surface area (Å²) in [7, 11) is 0. The van der Waals surface area contributed by atoms with E-state index in [4.69, 9.17) is 5.39 Å². The van der Waals surface area contributed by atoms with Crippen LogP contribution in [0.3, 0.4) is 0 Å². The maximum absolute atomic E-state index is 11.2. The molecule has 0 aliphatic carbocycles. The third-order valence-corrected chi connectivity index (χ3v) is 1.18. The Hall–Kier alpha value is -1.56. The molecule has 0 radical (unpaired) electrons. The Kier molecular flexibility index (Phi) is 3.90. The standard InChI is InChI=1S/C6H4N3O2.6FH.Sb/c7-8-5-1-3-6(4-2-5)9(10)11;;;;;;;/h1-4H;6*1H;/q+1;;;;;;;+5/p-6. The van der Waals surface area contributed by atoms with Crippen LogP contribution in [0.25, 0.3) is 4.98 Å². The second kappa shape index (κ2) is 4.27. The summed E-state index contributed by atoms with van der Waals surface area (Å²) in [6, 6.07) is 5.26. The zero-order chi connectivity index (χ0) is 14.7. The molecule has 0 saturated carbocycles. The monoisotopic (exact) mass is 385 g/mol. The quantitative estimate of drug-likeness (QED) is 0.239. The molecule has 0 aliphatic rings. The zero-order valence-electron chi connectivity index (χ0n) is 8.18. The molecule has 0 unspecified atom stereocenters. The number of rotatable bonds is 1. The first kappa shape index (κ1) is 16.4. The van der Waals surface area contributed by atoms with Crippen LogP contribution in [-0.2, 0) is 0 Å². The van der Waals surface area contributed by atoms with Gasteiger partial charge in [-0.1, -0.05) is 0 Å². The van der Waals surface area contributed by atoms with Gasteiger partial charge in [0.15, 0.2) is 4.98 Å². The van der Waals surface area contributed by atoms with Gasteiger partial charge in [-0.3, -0.25) is 10.1 Å². The van der Waals surface area contributed by atoms with Crippen molar-refractivity contribution in [1.82, 2.24) is 0 Å². The molecule has 1 aromatic carbocycles. The Bertz CT molecular complexity index is 479. The van der Waals surface area contributed by atoms with E-state index in [2.05, 4.69) is 4.98 Å². The average Bonchev–Trinajstić information content (AvgIpc) is 2.13. The van der Waals surface area contributed by atoms with Crippen LogP contribution in [0.5, 0.6) is 0 Å². The van der Waals surface area contributed by atoms with Crippen molar-refractivity contribution < 1.29 is 21.8 Å². The van der Waals surface area contributed by atoms with E-state index in [1.807, 2.05) is 0 Å². The zero-order valence-corrected chi connectivity index (χ0v) is 10.7. The molecule has 0 saturated heterocycles. The topological polar surface area (TPSA) is 71.3 Å². The van der Waals surface area contributed by atoms with Crippen molar-refractivity contribution in [3.8, 4) is 0 Å². The number of non-ortho nitro benzene ring substituents is 1. The van der Waals surface area contributed by atoms with Gasteiger partial charge in [0.05, 0.1) is 4.92 Å². The molecule has 0 atom stereocenters. The molecular formula is C6H4F6N3O2Sb. The summed E-state index contributed by atoms with van der Waals surface area (Å²) in [5, 5.41) is 18.3. The summed E-state index contributed by atoms with van der Waals surface area (Å²) >= 11 is -11.2. The van der Waals surface area contributed by atoms with Crippen molar-refractivity contribution >= 4 is 30.8 Å². The van der Waals surface area contributed by atoms with Crippen molar-refractivity contribution in [3.63, 3.8) is 0 Å². The molecule has 18 heavy (non-hydrogen) atoms. The normalized spacial score (nSPS) is 14.3. The molecular weight excluding hydrogens is 382 g/mol. The summed E-state index contributed by atoms with van der Waals surface area (Å²) in [5.74, 6) is 0. The number of benzene rings is 1. The number of diazo groups is 1. The Morgan fingerprint density at radius 3 is 1.61 bits per heavy atom. The number of nitrogens with zero attached hydrogens (tertiary/aromatic N) is 3. The van der Waals surface area contributed by atoms with E-state index in [0.717, 1.165) is 0 Å². The molecule has 0 aliphatic heterocycles. The second-order valence-corrected chi connectivity index (χ2v) is 8.30. The predicted molar refractivity (Wildman–Crippen MR) is 50.2 cm³/mol. The van der Waals surface area contributed by atoms with Gasteiger partial charge in [0.25, 0.3) is 5.69 Å². The van der Waals surface area contributed by atoms with Crippen LogP contribution in [0.2, 0.25) is 0 Å². The van der Waals surface area contributed by atoms with E-state index in [0.29, 0.717) is 5.69 Å². The van der Waals surface area contributed by atoms with Gasteiger partial charge in [0, 0.05) is 24.3 Å². The fourth-order valence-electron chi connectivity index (χ4n) is 0.641. The molecule has 0 aromatic heterocycles. The molecule has 0 amide bonds. The molecule has 1 rings (SSSR count). The Labute approximate surface area is 97.7 Å². The molecule has 0 heterocycles. The third kappa shape index (κ3) is 12.5. The molecule has 102 valence electrons. The molecule has 0 fully saturated rings. The summed E-state index contributed by atoms with van der Waals surface area (Å²) < 4.78 is 59.6. The number of nitro benzene ring substituents is 1. The molecule has 5 nitrogen and oxygen atoms in total. The van der Waals surface area contributed by atoms with Crippen molar-refractivity contribution in [3.05, 3.63) is 39.4 Å². The minimum atomic E-state index is -11.2. The second-order valence-electron chi connectivity index (χ2n) is 2.83. The van der Waals surface area contributed by atoms with Crippen LogP contribution in [-0.4, -0.2) is 24.4 Å². The van der Waals surface area contributed by atoms with Crippen LogP contribution in [0.4, 0.5) is 28.3 Å². The fourth-order valence-corrected chi connectivity index (χ4v) is 0.641. The number of nitro groups is 1. The summed E-state index contributed by atoms with van der Waals surface area (Å²) in [6.07, 6.45) is 0. The molecule has 1 aromatic rings. The van der Waals surface area contributed by atoms with Crippen molar-refractivity contribution in [2.24, 2.45) is 0 Å². The number of hydrogen-bond acceptors (Lipinski definition) is 3. The first-order valence-corrected chi connectivity index (χ1v) is 9.64. The molecule has 12 heteroatoms. The van der Waals surface area contributed by atoms with Crippen LogP contribution in [0.15, 0.2) is 24.3 Å². The van der Waals surface area contributed by atoms with Gasteiger partial charge in [0.2, 0.25) is 5.39 Å². The van der Waals surface area contributed by atoms with Crippen molar-refractivity contribution in [2.75, 3.05) is 0 Å². The summed E-state index contributed by atoms with van der Waals surface area (Å²) in [4.78, 5) is 12.4. The van der Waals surface area contributed by atoms with Crippen LogP contribution >= 0.6 is 0 Å². The molecule has 0 N–H and O–H groups in total. The van der Waals surface area contributed by atoms with Crippen LogP contribution in [0, 0.1) is 15.5 Å². The van der Waals surface area contributed by atoms with Gasteiger partial charge in [-0.2, -0.15) is 0 Å². The van der Waals surface area contributed by atoms with E-state index in [1.54, 1.807) is 0 Å². The first-order valence-electron chi connectivity index (χ1n) is 3.85. The third-order valence-electron chi connectivity index (χ3n) is 1.18. The van der Waals surface area contributed by atoms with Gasteiger partial charge in [-0.15, -0.1) is 0 Å². The predicted octanol–water partition coefficient (Wildman–Crippen LogP) is 4.22. The molecule has 0 bridgehead atoms. The molecule has 0 spiro atoms. The Morgan fingerprint density at radius 1 is 1.06 bits per heavy atom. The van der Waals surface area contributed by atoms with Gasteiger partial charge >= 0.3 is 42.0 Å². The average molecular weight is 386 g/mol. The van der Waals surface area contributed by atoms with Crippen molar-refractivity contribution in [1.29, 1.82) is 5.39 Å². The van der Waals surface area contributed by atoms with Gasteiger partial charge in [0.1, 0.15) is 0 Å². The van der Waals surface area contributed by atoms with Crippen LogP contribution in [0.1, 0.15) is 0 Å². The van der Waals surface area contributed by atoms with Gasteiger partial charge in [-0.05, 0) is 0 Å². The van der Waals surface area contributed by atoms with E-state index in [-0.39, 0.29) is 5.69 Å². The van der Waals surface area contributed by atoms with E-state index in [1.165, 1.54) is 24.3 Å². The fraction of sp³-hybridized carbons (Fsp3) is 0. The maximum atomic E-state index is 10.1. The van der Waals surface area contributed by atoms with Gasteiger partial charge < -0.3 is 0 Å². The van der Waals surface area contributed by atoms with E-state index in [9.17, 15) is 27.0 Å². The SMILES string of the molecule is N#[N+]c1ccc([N+](=O)[O-])cc1.[F][Sb-]([F])([F])([F])([F])[F]. The number of hydrogen-bond donors (Lipinski definition) is 0. The first-order chi connectivity index (χ1) is 7.69.